The molecule has 0 spiro atoms. The fraction of sp³-hybridized carbons (Fsp3) is 0. The maximum atomic E-state index is 7.90. The van der Waals surface area contributed by atoms with Crippen LogP contribution in [0.5, 0.6) is 0 Å². The van der Waals surface area contributed by atoms with E-state index >= 15 is 0 Å². The predicted molar refractivity (Wildman–Crippen MR) is 58.7 cm³/mol. The number of fused-ring (bicyclic) bond motifs is 3. The van der Waals surface area contributed by atoms with Gasteiger partial charge in [0.1, 0.15) is 5.58 Å². The van der Waals surface area contributed by atoms with E-state index in [1.54, 1.807) is 6.07 Å². The highest BCUT2D eigenvalue weighted by atomic mass is 35.5. The monoisotopic (exact) mass is 205 g/mol. The number of halogens is 1. The molecule has 14 heavy (non-hydrogen) atoms. The van der Waals surface area contributed by atoms with E-state index in [-0.39, 0.29) is 23.1 Å². The number of hydrogen-bond acceptors (Lipinski definition) is 1. The molecule has 0 aliphatic carbocycles. The Morgan fingerprint density at radius 3 is 2.93 bits per heavy atom. The SMILES string of the molecule is [2H]c1c([2H])c([2H])c2c(oc3ccccc32)c1Cl. The van der Waals surface area contributed by atoms with Gasteiger partial charge in [-0.05, 0) is 12.1 Å². The minimum atomic E-state index is -0.172. The van der Waals surface area contributed by atoms with Crippen molar-refractivity contribution in [1.82, 2.24) is 0 Å². The van der Waals surface area contributed by atoms with Crippen LogP contribution in [0.25, 0.3) is 21.9 Å². The van der Waals surface area contributed by atoms with Crippen molar-refractivity contribution in [3.05, 3.63) is 47.4 Å². The Bertz CT molecular complexity index is 748. The zero-order chi connectivity index (χ0) is 12.2. The van der Waals surface area contributed by atoms with Crippen LogP contribution in [0, 0.1) is 0 Å². The molecule has 3 rings (SSSR count). The molecule has 1 heterocycles. The van der Waals surface area contributed by atoms with Crippen molar-refractivity contribution in [2.75, 3.05) is 0 Å². The fourth-order valence-electron chi connectivity index (χ4n) is 1.53. The number of benzene rings is 2. The van der Waals surface area contributed by atoms with Gasteiger partial charge in [0.2, 0.25) is 0 Å². The molecule has 0 aliphatic heterocycles. The van der Waals surface area contributed by atoms with E-state index in [1.165, 1.54) is 0 Å². The molecule has 0 atom stereocenters. The van der Waals surface area contributed by atoms with Crippen molar-refractivity contribution in [2.45, 2.75) is 0 Å². The molecule has 3 aromatic rings. The molecule has 0 unspecified atom stereocenters. The highest BCUT2D eigenvalue weighted by Gasteiger charge is 2.07. The normalized spacial score (nSPS) is 14.2. The van der Waals surface area contributed by atoms with E-state index in [0.29, 0.717) is 16.6 Å². The Balaban J connectivity index is 2.67. The van der Waals surface area contributed by atoms with E-state index in [0.717, 1.165) is 5.39 Å². The molecule has 2 heteroatoms. The van der Waals surface area contributed by atoms with Gasteiger partial charge in [-0.15, -0.1) is 0 Å². The second-order valence-corrected chi connectivity index (χ2v) is 3.37. The lowest BCUT2D eigenvalue weighted by atomic mass is 10.2. The van der Waals surface area contributed by atoms with Crippen LogP contribution in [0.4, 0.5) is 0 Å². The minimum Gasteiger partial charge on any atom is -0.454 e. The van der Waals surface area contributed by atoms with Crippen molar-refractivity contribution < 1.29 is 8.53 Å². The van der Waals surface area contributed by atoms with E-state index < -0.39 is 0 Å². The first kappa shape index (κ1) is 5.42. The molecule has 0 amide bonds. The van der Waals surface area contributed by atoms with Crippen LogP contribution in [-0.4, -0.2) is 0 Å². The minimum absolute atomic E-state index is 0.0145. The molecular formula is C12H7ClO. The third-order valence-corrected chi connectivity index (χ3v) is 2.42. The zero-order valence-corrected chi connectivity index (χ0v) is 7.85. The topological polar surface area (TPSA) is 13.1 Å². The molecule has 68 valence electrons. The van der Waals surface area contributed by atoms with Gasteiger partial charge < -0.3 is 4.42 Å². The number of hydrogen-bond donors (Lipinski definition) is 0. The van der Waals surface area contributed by atoms with Crippen LogP contribution >= 0.6 is 11.6 Å². The van der Waals surface area contributed by atoms with Crippen molar-refractivity contribution in [3.63, 3.8) is 0 Å². The van der Waals surface area contributed by atoms with Crippen molar-refractivity contribution in [3.8, 4) is 0 Å². The molecule has 0 saturated heterocycles. The zero-order valence-electron chi connectivity index (χ0n) is 10.1. The van der Waals surface area contributed by atoms with Crippen LogP contribution in [-0.2, 0) is 0 Å². The van der Waals surface area contributed by atoms with E-state index in [1.807, 2.05) is 18.2 Å². The van der Waals surface area contributed by atoms with Gasteiger partial charge in [-0.1, -0.05) is 41.9 Å². The molecule has 0 bridgehead atoms. The highest BCUT2D eigenvalue weighted by molar-refractivity contribution is 6.35. The fourth-order valence-corrected chi connectivity index (χ4v) is 1.71. The average molecular weight is 206 g/mol. The van der Waals surface area contributed by atoms with Crippen LogP contribution < -0.4 is 0 Å². The first-order valence-electron chi connectivity index (χ1n) is 5.67. The Hall–Kier alpha value is -1.47. The van der Waals surface area contributed by atoms with Gasteiger partial charge >= 0.3 is 0 Å². The largest absolute Gasteiger partial charge is 0.454 e. The molecule has 1 nitrogen and oxygen atoms in total. The molecule has 0 saturated carbocycles. The first-order chi connectivity index (χ1) is 8.11. The second kappa shape index (κ2) is 2.76. The molecule has 0 fully saturated rings. The van der Waals surface area contributed by atoms with Crippen molar-refractivity contribution >= 4 is 33.5 Å². The summed E-state index contributed by atoms with van der Waals surface area (Å²) in [7, 11) is 0. The predicted octanol–water partition coefficient (Wildman–Crippen LogP) is 4.24. The molecule has 1 aromatic heterocycles. The van der Waals surface area contributed by atoms with E-state index in [4.69, 9.17) is 20.1 Å². The number of rotatable bonds is 0. The van der Waals surface area contributed by atoms with Gasteiger partial charge in [-0.2, -0.15) is 0 Å². The summed E-state index contributed by atoms with van der Waals surface area (Å²) in [5, 5.41) is 1.35. The molecule has 0 aliphatic rings. The molecular weight excluding hydrogens is 196 g/mol. The summed E-state index contributed by atoms with van der Waals surface area (Å²) in [6.45, 7) is 0. The average Bonchev–Trinajstić information content (AvgIpc) is 2.73. The summed E-state index contributed by atoms with van der Waals surface area (Å²) in [5.74, 6) is 0. The third kappa shape index (κ3) is 0.962. The Kier molecular flexibility index (Phi) is 1.07. The Morgan fingerprint density at radius 2 is 2.00 bits per heavy atom. The van der Waals surface area contributed by atoms with Gasteiger partial charge in [0.15, 0.2) is 5.58 Å². The maximum Gasteiger partial charge on any atom is 0.153 e. The van der Waals surface area contributed by atoms with Gasteiger partial charge in [0.25, 0.3) is 0 Å². The summed E-state index contributed by atoms with van der Waals surface area (Å²) in [4.78, 5) is 0. The van der Waals surface area contributed by atoms with E-state index in [2.05, 4.69) is 0 Å². The van der Waals surface area contributed by atoms with Crippen LogP contribution in [0.2, 0.25) is 5.02 Å². The second-order valence-electron chi connectivity index (χ2n) is 2.99. The van der Waals surface area contributed by atoms with Crippen LogP contribution in [0.1, 0.15) is 4.11 Å². The first-order valence-corrected chi connectivity index (χ1v) is 4.55. The summed E-state index contributed by atoms with van der Waals surface area (Å²) in [6.07, 6.45) is 0. The lowest BCUT2D eigenvalue weighted by molar-refractivity contribution is 0.669. The molecule has 2 aromatic carbocycles. The maximum absolute atomic E-state index is 7.90. The van der Waals surface area contributed by atoms with Gasteiger partial charge in [-0.25, -0.2) is 0 Å². The number of para-hydroxylation sites is 2. The highest BCUT2D eigenvalue weighted by Crippen LogP contribution is 2.32. The third-order valence-electron chi connectivity index (χ3n) is 2.15. The summed E-state index contributed by atoms with van der Waals surface area (Å²) in [6, 6.07) is 6.90. The lowest BCUT2D eigenvalue weighted by Gasteiger charge is -1.89. The van der Waals surface area contributed by atoms with Gasteiger partial charge in [-0.3, -0.25) is 0 Å². The summed E-state index contributed by atoms with van der Waals surface area (Å²) in [5.41, 5.74) is 0.932. The van der Waals surface area contributed by atoms with Crippen LogP contribution in [0.15, 0.2) is 46.8 Å². The smallest absolute Gasteiger partial charge is 0.153 e. The lowest BCUT2D eigenvalue weighted by Crippen LogP contribution is -1.65. The van der Waals surface area contributed by atoms with Crippen LogP contribution in [0.3, 0.4) is 0 Å². The quantitative estimate of drug-likeness (QED) is 0.535. The van der Waals surface area contributed by atoms with Crippen molar-refractivity contribution in [1.29, 1.82) is 0 Å². The summed E-state index contributed by atoms with van der Waals surface area (Å²) < 4.78 is 28.8. The number of furan rings is 1. The molecule has 0 radical (unpaired) electrons. The standard InChI is InChI=1S/C12H7ClO/c13-10-6-3-5-9-8-4-1-2-7-11(8)14-12(9)10/h1-7H/i3D,5D,6D. The Morgan fingerprint density at radius 1 is 1.14 bits per heavy atom. The molecule has 0 N–H and O–H groups in total. The van der Waals surface area contributed by atoms with Gasteiger partial charge in [0, 0.05) is 10.8 Å². The van der Waals surface area contributed by atoms with Crippen molar-refractivity contribution in [2.24, 2.45) is 0 Å². The Labute approximate surface area is 90.1 Å². The van der Waals surface area contributed by atoms with Gasteiger partial charge in [0.05, 0.1) is 9.13 Å². The van der Waals surface area contributed by atoms with E-state index in [9.17, 15) is 0 Å². The summed E-state index contributed by atoms with van der Waals surface area (Å²) >= 11 is 5.99.